The van der Waals surface area contributed by atoms with E-state index in [2.05, 4.69) is 10.3 Å². The average Bonchev–Trinajstić information content (AvgIpc) is 2.67. The fourth-order valence-corrected chi connectivity index (χ4v) is 3.15. The number of nitrogens with zero attached hydrogens (tertiary/aromatic N) is 3. The number of carbonyl (C=O) groups is 2. The van der Waals surface area contributed by atoms with Crippen LogP contribution in [0.5, 0.6) is 5.75 Å². The van der Waals surface area contributed by atoms with Gasteiger partial charge in [-0.25, -0.2) is 9.18 Å². The molecule has 1 fully saturated rings. The monoisotopic (exact) mass is 453 g/mol. The van der Waals surface area contributed by atoms with E-state index in [0.717, 1.165) is 6.07 Å². The molecule has 1 aliphatic rings. The minimum atomic E-state index is -0.735. The Morgan fingerprint density at radius 1 is 1.42 bits per heavy atom. The number of amidine groups is 1. The number of piperidine rings is 1. The number of likely N-dealkylation sites (tertiary alicyclic amines) is 1. The zero-order valence-electron chi connectivity index (χ0n) is 17.5. The molecule has 1 saturated heterocycles. The second-order valence-electron chi connectivity index (χ2n) is 7.99. The summed E-state index contributed by atoms with van der Waals surface area (Å²) in [6.45, 7) is 4.96. The lowest BCUT2D eigenvalue weighted by atomic mass is 9.97. The highest BCUT2D eigenvalue weighted by atomic mass is 35.5. The molecule has 11 heteroatoms. The van der Waals surface area contributed by atoms with Gasteiger partial charge in [-0.15, -0.1) is 0 Å². The Labute approximate surface area is 184 Å². The highest BCUT2D eigenvalue weighted by Crippen LogP contribution is 2.22. The van der Waals surface area contributed by atoms with Crippen molar-refractivity contribution < 1.29 is 23.5 Å². The van der Waals surface area contributed by atoms with E-state index < -0.39 is 35.5 Å². The first kappa shape index (κ1) is 24.2. The lowest BCUT2D eigenvalue weighted by Gasteiger charge is -2.39. The van der Waals surface area contributed by atoms with E-state index in [9.17, 15) is 14.0 Å². The van der Waals surface area contributed by atoms with Crippen LogP contribution in [0.4, 0.5) is 9.18 Å². The molecule has 31 heavy (non-hydrogen) atoms. The Bertz CT molecular complexity index is 897. The van der Waals surface area contributed by atoms with Crippen molar-refractivity contribution in [1.29, 1.82) is 5.26 Å². The molecule has 1 heterocycles. The molecule has 168 valence electrons. The highest BCUT2D eigenvalue weighted by Gasteiger charge is 2.37. The zero-order chi connectivity index (χ0) is 23.2. The molecule has 2 amide bonds. The summed E-state index contributed by atoms with van der Waals surface area (Å²) in [6.07, 6.45) is 1.87. The summed E-state index contributed by atoms with van der Waals surface area (Å²) in [7, 11) is 0. The number of halogens is 2. The van der Waals surface area contributed by atoms with Gasteiger partial charge in [-0.3, -0.25) is 9.69 Å². The van der Waals surface area contributed by atoms with Crippen LogP contribution >= 0.6 is 11.6 Å². The van der Waals surface area contributed by atoms with Crippen LogP contribution in [0.3, 0.4) is 0 Å². The maximum Gasteiger partial charge on any atom is 0.410 e. The molecule has 3 N–H and O–H groups in total. The van der Waals surface area contributed by atoms with Crippen LogP contribution in [0, 0.1) is 17.3 Å². The Morgan fingerprint density at radius 3 is 2.74 bits per heavy atom. The molecular weight excluding hydrogens is 429 g/mol. The van der Waals surface area contributed by atoms with E-state index in [-0.39, 0.29) is 29.8 Å². The van der Waals surface area contributed by atoms with Crippen LogP contribution in [0.15, 0.2) is 23.2 Å². The first-order valence-electron chi connectivity index (χ1n) is 9.59. The lowest BCUT2D eigenvalue weighted by molar-refractivity contribution is -0.124. The van der Waals surface area contributed by atoms with Gasteiger partial charge in [0.25, 0.3) is 5.91 Å². The van der Waals surface area contributed by atoms with Crippen LogP contribution in [0.2, 0.25) is 5.02 Å². The third-order valence-corrected chi connectivity index (χ3v) is 4.66. The number of hydrogen-bond donors (Lipinski definition) is 2. The number of rotatable bonds is 5. The number of hydrogen-bond acceptors (Lipinski definition) is 6. The predicted octanol–water partition coefficient (Wildman–Crippen LogP) is 2.58. The molecule has 9 nitrogen and oxygen atoms in total. The maximum absolute atomic E-state index is 13.5. The second kappa shape index (κ2) is 10.3. The van der Waals surface area contributed by atoms with Gasteiger partial charge in [0.15, 0.2) is 6.61 Å². The van der Waals surface area contributed by atoms with Gasteiger partial charge in [0.05, 0.1) is 11.1 Å². The number of aliphatic imine (C=N–C) groups is 1. The summed E-state index contributed by atoms with van der Waals surface area (Å²) in [5, 5.41) is 11.5. The maximum atomic E-state index is 13.5. The fraction of sp³-hybridized carbons (Fsp3) is 0.500. The van der Waals surface area contributed by atoms with Crippen LogP contribution in [-0.4, -0.2) is 53.6 Å². The molecule has 0 saturated carbocycles. The lowest BCUT2D eigenvalue weighted by Crippen LogP contribution is -2.58. The molecule has 0 radical (unpaired) electrons. The van der Waals surface area contributed by atoms with Crippen molar-refractivity contribution in [3.8, 4) is 11.9 Å². The van der Waals surface area contributed by atoms with Gasteiger partial charge in [-0.05, 0) is 45.7 Å². The normalized spacial score (nSPS) is 19.4. The quantitative estimate of drug-likeness (QED) is 0.400. The van der Waals surface area contributed by atoms with E-state index in [0.29, 0.717) is 12.8 Å². The summed E-state index contributed by atoms with van der Waals surface area (Å²) in [4.78, 5) is 29.8. The molecule has 1 aliphatic heterocycles. The van der Waals surface area contributed by atoms with Gasteiger partial charge in [-0.2, -0.15) is 10.3 Å². The summed E-state index contributed by atoms with van der Waals surface area (Å²) in [5.41, 5.74) is 5.13. The number of nitrogens with one attached hydrogen (secondary N) is 1. The molecule has 0 spiro atoms. The predicted molar refractivity (Wildman–Crippen MR) is 112 cm³/mol. The largest absolute Gasteiger partial charge is 0.484 e. The van der Waals surface area contributed by atoms with Gasteiger partial charge < -0.3 is 20.5 Å². The molecule has 2 rings (SSSR count). The zero-order valence-corrected chi connectivity index (χ0v) is 18.3. The third kappa shape index (κ3) is 7.29. The molecule has 0 aromatic heterocycles. The van der Waals surface area contributed by atoms with Gasteiger partial charge in [0, 0.05) is 18.7 Å². The van der Waals surface area contributed by atoms with Gasteiger partial charge in [-0.1, -0.05) is 11.6 Å². The van der Waals surface area contributed by atoms with E-state index >= 15 is 0 Å². The Kier molecular flexibility index (Phi) is 8.05. The van der Waals surface area contributed by atoms with Crippen LogP contribution in [0.25, 0.3) is 0 Å². The number of amides is 2. The van der Waals surface area contributed by atoms with Crippen molar-refractivity contribution in [2.45, 2.75) is 51.3 Å². The Morgan fingerprint density at radius 2 is 2.13 bits per heavy atom. The summed E-state index contributed by atoms with van der Waals surface area (Å²) >= 11 is 5.62. The minimum Gasteiger partial charge on any atom is -0.484 e. The smallest absolute Gasteiger partial charge is 0.410 e. The first-order chi connectivity index (χ1) is 14.5. The molecule has 1 aromatic carbocycles. The van der Waals surface area contributed by atoms with Crippen molar-refractivity contribution in [3.05, 3.63) is 29.0 Å². The second-order valence-corrected chi connectivity index (χ2v) is 8.40. The minimum absolute atomic E-state index is 0.00577. The SMILES string of the molecule is CC(C)(C)OC(=O)N1C[C@@H](NC(=O)COc2ccc(Cl)c(F)c2)CC[C@@H]1C(N)=NC#N. The van der Waals surface area contributed by atoms with Crippen LogP contribution in [0.1, 0.15) is 33.6 Å². The topological polar surface area (TPSA) is 130 Å². The number of carbonyl (C=O) groups excluding carboxylic acids is 2. The molecule has 0 unspecified atom stereocenters. The number of nitriles is 1. The number of benzene rings is 1. The van der Waals surface area contributed by atoms with Crippen molar-refractivity contribution in [2.24, 2.45) is 10.7 Å². The standard InChI is InChI=1S/C20H25ClFN5O4/c1-20(2,3)31-19(29)27-9-12(4-7-16(27)18(24)25-11-23)26-17(28)10-30-13-5-6-14(21)15(22)8-13/h5-6,8,12,16H,4,7,9-10H2,1-3H3,(H2,24,25)(H,26,28)/t12-,16+/m0/s1. The van der Waals surface area contributed by atoms with E-state index in [1.165, 1.54) is 17.0 Å². The summed E-state index contributed by atoms with van der Waals surface area (Å²) in [6, 6.07) is 2.86. The molecule has 0 bridgehead atoms. The molecular formula is C20H25ClFN5O4. The number of nitrogens with two attached hydrogens (primary N) is 1. The Hall–Kier alpha value is -3.06. The van der Waals surface area contributed by atoms with Gasteiger partial charge in [0.2, 0.25) is 6.19 Å². The van der Waals surface area contributed by atoms with Gasteiger partial charge >= 0.3 is 6.09 Å². The average molecular weight is 454 g/mol. The Balaban J connectivity index is 2.01. The van der Waals surface area contributed by atoms with E-state index in [1.54, 1.807) is 27.0 Å². The van der Waals surface area contributed by atoms with Crippen LogP contribution in [-0.2, 0) is 9.53 Å². The fourth-order valence-electron chi connectivity index (χ4n) is 3.04. The first-order valence-corrected chi connectivity index (χ1v) is 9.97. The summed E-state index contributed by atoms with van der Waals surface area (Å²) in [5.74, 6) is -0.924. The van der Waals surface area contributed by atoms with E-state index in [1.807, 2.05) is 0 Å². The van der Waals surface area contributed by atoms with E-state index in [4.69, 9.17) is 32.1 Å². The van der Waals surface area contributed by atoms with Crippen molar-refractivity contribution in [2.75, 3.05) is 13.2 Å². The highest BCUT2D eigenvalue weighted by molar-refractivity contribution is 6.30. The molecule has 0 aliphatic carbocycles. The van der Waals surface area contributed by atoms with Crippen molar-refractivity contribution >= 4 is 29.4 Å². The van der Waals surface area contributed by atoms with Crippen LogP contribution < -0.4 is 15.8 Å². The molecule has 2 atom stereocenters. The number of ether oxygens (including phenoxy) is 2. The van der Waals surface area contributed by atoms with Gasteiger partial charge in [0.1, 0.15) is 23.0 Å². The van der Waals surface area contributed by atoms with Crippen molar-refractivity contribution in [1.82, 2.24) is 10.2 Å². The molecule has 1 aromatic rings. The van der Waals surface area contributed by atoms with Crippen molar-refractivity contribution in [3.63, 3.8) is 0 Å². The summed E-state index contributed by atoms with van der Waals surface area (Å²) < 4.78 is 24.2. The third-order valence-electron chi connectivity index (χ3n) is 4.36.